The molecule has 0 aliphatic carbocycles. The Hall–Kier alpha value is -3.92. The molecule has 1 saturated heterocycles. The monoisotopic (exact) mass is 483 g/mol. The number of nitrogen functional groups attached to an aromatic ring is 1. The minimum absolute atomic E-state index is 0.250. The van der Waals surface area contributed by atoms with Gasteiger partial charge in [0.05, 0.1) is 25.7 Å². The van der Waals surface area contributed by atoms with Crippen molar-refractivity contribution in [2.24, 2.45) is 0 Å². The third kappa shape index (κ3) is 7.54. The summed E-state index contributed by atoms with van der Waals surface area (Å²) in [4.78, 5) is 28.3. The summed E-state index contributed by atoms with van der Waals surface area (Å²) in [7, 11) is 1.70. The van der Waals surface area contributed by atoms with Gasteiger partial charge in [0.2, 0.25) is 0 Å². The van der Waals surface area contributed by atoms with E-state index in [4.69, 9.17) is 35.3 Å². The van der Waals surface area contributed by atoms with Crippen molar-refractivity contribution < 1.29 is 24.5 Å². The van der Waals surface area contributed by atoms with Crippen LogP contribution in [0.4, 0.5) is 5.82 Å². The lowest BCUT2D eigenvalue weighted by atomic mass is 9.91. The minimum atomic E-state index is -0.250. The molecule has 3 aromatic rings. The molecule has 35 heavy (non-hydrogen) atoms. The van der Waals surface area contributed by atoms with Gasteiger partial charge in [-0.05, 0) is 44.1 Å². The molecule has 0 bridgehead atoms. The topological polar surface area (TPSA) is 144 Å². The smallest absolute Gasteiger partial charge is 0.290 e. The van der Waals surface area contributed by atoms with E-state index in [9.17, 15) is 0 Å². The number of ether oxygens (including phenoxy) is 1. The van der Waals surface area contributed by atoms with Gasteiger partial charge in [0.15, 0.2) is 0 Å². The van der Waals surface area contributed by atoms with E-state index in [1.54, 1.807) is 13.3 Å². The van der Waals surface area contributed by atoms with Crippen molar-refractivity contribution in [3.05, 3.63) is 60.2 Å². The molecular formula is C25H33N5O5. The molecule has 0 spiro atoms. The third-order valence-corrected chi connectivity index (χ3v) is 5.83. The molecule has 4 N–H and O–H groups in total. The summed E-state index contributed by atoms with van der Waals surface area (Å²) in [6.07, 6.45) is 6.05. The number of piperidine rings is 1. The molecule has 1 aromatic carbocycles. The predicted molar refractivity (Wildman–Crippen MR) is 133 cm³/mol. The molecule has 4 rings (SSSR count). The van der Waals surface area contributed by atoms with Crippen LogP contribution in [0.3, 0.4) is 0 Å². The lowest BCUT2D eigenvalue weighted by molar-refractivity contribution is -0.123. The van der Waals surface area contributed by atoms with Gasteiger partial charge in [0.25, 0.3) is 12.9 Å². The summed E-state index contributed by atoms with van der Waals surface area (Å²) in [5.74, 6) is 1.86. The number of anilines is 1. The van der Waals surface area contributed by atoms with E-state index in [0.717, 1.165) is 35.7 Å². The summed E-state index contributed by atoms with van der Waals surface area (Å²) in [6, 6.07) is 12.1. The van der Waals surface area contributed by atoms with E-state index >= 15 is 0 Å². The van der Waals surface area contributed by atoms with Gasteiger partial charge in [-0.1, -0.05) is 25.1 Å². The first kappa shape index (κ1) is 27.3. The number of carbonyl (C=O) groups is 2. The van der Waals surface area contributed by atoms with E-state index < -0.39 is 0 Å². The number of aromatic nitrogens is 3. The van der Waals surface area contributed by atoms with Crippen LogP contribution in [0.1, 0.15) is 36.9 Å². The second kappa shape index (κ2) is 14.4. The number of likely N-dealkylation sites (N-methyl/N-ethyl adjacent to an activating group) is 1. The van der Waals surface area contributed by atoms with Crippen LogP contribution in [0, 0.1) is 0 Å². The maximum atomic E-state index is 8.36. The van der Waals surface area contributed by atoms with E-state index in [-0.39, 0.29) is 12.9 Å². The van der Waals surface area contributed by atoms with Gasteiger partial charge >= 0.3 is 0 Å². The average molecular weight is 484 g/mol. The van der Waals surface area contributed by atoms with E-state index in [1.165, 1.54) is 25.1 Å². The zero-order chi connectivity index (χ0) is 25.6. The van der Waals surface area contributed by atoms with Crippen LogP contribution in [0.25, 0.3) is 11.3 Å². The average Bonchev–Trinajstić information content (AvgIpc) is 3.30. The van der Waals surface area contributed by atoms with Crippen LogP contribution in [-0.4, -0.2) is 69.3 Å². The second-order valence-corrected chi connectivity index (χ2v) is 7.83. The first-order valence-corrected chi connectivity index (χ1v) is 11.3. The Morgan fingerprint density at radius 1 is 1.17 bits per heavy atom. The summed E-state index contributed by atoms with van der Waals surface area (Å²) in [6.45, 7) is 5.72. The van der Waals surface area contributed by atoms with E-state index in [0.29, 0.717) is 18.3 Å². The van der Waals surface area contributed by atoms with Gasteiger partial charge in [-0.25, -0.2) is 9.97 Å². The number of hydrogen-bond acceptors (Lipinski definition) is 7. The quantitative estimate of drug-likeness (QED) is 0.450. The van der Waals surface area contributed by atoms with Crippen molar-refractivity contribution in [1.82, 2.24) is 19.4 Å². The minimum Gasteiger partial charge on any atom is -0.497 e. The molecule has 0 radical (unpaired) electrons. The fraction of sp³-hybridized carbons (Fsp3) is 0.360. The van der Waals surface area contributed by atoms with Crippen molar-refractivity contribution in [1.29, 1.82) is 0 Å². The predicted octanol–water partition coefficient (Wildman–Crippen LogP) is 3.19. The molecule has 2 aromatic heterocycles. The summed E-state index contributed by atoms with van der Waals surface area (Å²) in [5, 5.41) is 13.8. The maximum absolute atomic E-state index is 8.36. The first-order valence-electron chi connectivity index (χ1n) is 11.3. The largest absolute Gasteiger partial charge is 0.497 e. The van der Waals surface area contributed by atoms with Crippen molar-refractivity contribution in [3.63, 3.8) is 0 Å². The molecule has 3 heterocycles. The molecular weight excluding hydrogens is 450 g/mol. The van der Waals surface area contributed by atoms with Crippen molar-refractivity contribution >= 4 is 18.8 Å². The molecule has 0 saturated carbocycles. The number of nitrogens with zero attached hydrogens (tertiary/aromatic N) is 4. The second-order valence-electron chi connectivity index (χ2n) is 7.83. The van der Waals surface area contributed by atoms with Gasteiger partial charge in [0, 0.05) is 35.5 Å². The number of benzene rings is 1. The number of rotatable bonds is 6. The van der Waals surface area contributed by atoms with Crippen LogP contribution < -0.4 is 10.5 Å². The van der Waals surface area contributed by atoms with Crippen molar-refractivity contribution in [2.45, 2.75) is 32.2 Å². The van der Waals surface area contributed by atoms with Crippen molar-refractivity contribution in [2.75, 3.05) is 32.5 Å². The van der Waals surface area contributed by atoms with Gasteiger partial charge in [-0.15, -0.1) is 0 Å². The first-order chi connectivity index (χ1) is 17.0. The van der Waals surface area contributed by atoms with Crippen molar-refractivity contribution in [3.8, 4) is 17.0 Å². The van der Waals surface area contributed by atoms with Gasteiger partial charge in [-0.2, -0.15) is 0 Å². The Labute approximate surface area is 205 Å². The highest BCUT2D eigenvalue weighted by Crippen LogP contribution is 2.35. The third-order valence-electron chi connectivity index (χ3n) is 5.83. The molecule has 10 heteroatoms. The Morgan fingerprint density at radius 2 is 1.91 bits per heavy atom. The fourth-order valence-corrected chi connectivity index (χ4v) is 4.27. The van der Waals surface area contributed by atoms with Gasteiger partial charge in [-0.3, -0.25) is 9.59 Å². The standard InChI is InChI=1S/C23H29N5O.2CH2O2/c1-3-27-12-6-9-18(14-27)22-21(17-7-4-10-20(13-17)29-2)26-16-28(22)15-19-8-5-11-25-23(19)24;2*2-1-3/h4-5,7-8,10-11,13,16,18H,3,6,9,12,14-15H2,1-2H3,(H2,24,25);2*1H,(H,2,3). The zero-order valence-electron chi connectivity index (χ0n) is 20.1. The number of imidazole rings is 1. The fourth-order valence-electron chi connectivity index (χ4n) is 4.27. The summed E-state index contributed by atoms with van der Waals surface area (Å²) < 4.78 is 7.70. The molecule has 1 aliphatic heterocycles. The highest BCUT2D eigenvalue weighted by atomic mass is 16.5. The summed E-state index contributed by atoms with van der Waals surface area (Å²) in [5.41, 5.74) is 10.5. The van der Waals surface area contributed by atoms with Gasteiger partial charge < -0.3 is 30.2 Å². The molecule has 1 unspecified atom stereocenters. The molecule has 0 amide bonds. The zero-order valence-corrected chi connectivity index (χ0v) is 20.1. The number of hydrogen-bond donors (Lipinski definition) is 3. The highest BCUT2D eigenvalue weighted by Gasteiger charge is 2.27. The molecule has 1 aliphatic rings. The van der Waals surface area contributed by atoms with E-state index in [1.807, 2.05) is 30.6 Å². The highest BCUT2D eigenvalue weighted by molar-refractivity contribution is 5.65. The van der Waals surface area contributed by atoms with E-state index in [2.05, 4.69) is 33.5 Å². The normalized spacial score (nSPS) is 15.1. The van der Waals surface area contributed by atoms with Crippen LogP contribution in [0.2, 0.25) is 0 Å². The lowest BCUT2D eigenvalue weighted by Gasteiger charge is -2.33. The number of pyridine rings is 1. The number of methoxy groups -OCH3 is 1. The Morgan fingerprint density at radius 3 is 2.57 bits per heavy atom. The van der Waals surface area contributed by atoms with Crippen LogP contribution >= 0.6 is 0 Å². The Bertz CT molecular complexity index is 1070. The molecule has 1 atom stereocenters. The van der Waals surface area contributed by atoms with Gasteiger partial charge in [0.1, 0.15) is 11.6 Å². The van der Waals surface area contributed by atoms with Crippen LogP contribution in [-0.2, 0) is 16.1 Å². The molecule has 10 nitrogen and oxygen atoms in total. The number of likely N-dealkylation sites (tertiary alicyclic amines) is 1. The lowest BCUT2D eigenvalue weighted by Crippen LogP contribution is -2.35. The van der Waals surface area contributed by atoms with Crippen LogP contribution in [0.15, 0.2) is 48.9 Å². The molecule has 188 valence electrons. The Kier molecular flexibility index (Phi) is 11.2. The number of carboxylic acid groups (broad SMARTS) is 2. The molecule has 1 fully saturated rings. The number of nitrogens with two attached hydrogens (primary N) is 1. The summed E-state index contributed by atoms with van der Waals surface area (Å²) >= 11 is 0. The maximum Gasteiger partial charge on any atom is 0.290 e. The van der Waals surface area contributed by atoms with Crippen LogP contribution in [0.5, 0.6) is 5.75 Å². The Balaban J connectivity index is 0.000000655. The SMILES string of the molecule is CCN1CCCC(c2c(-c3cccc(OC)c3)ncn2Cc2cccnc2N)C1.O=CO.O=CO.